The van der Waals surface area contributed by atoms with E-state index in [-0.39, 0.29) is 26.7 Å². The van der Waals surface area contributed by atoms with Crippen LogP contribution in [0.15, 0.2) is 42.0 Å². The Kier molecular flexibility index (Phi) is 5.19. The lowest BCUT2D eigenvalue weighted by Gasteiger charge is -2.05. The van der Waals surface area contributed by atoms with Crippen LogP contribution in [0.25, 0.3) is 6.08 Å². The van der Waals surface area contributed by atoms with Gasteiger partial charge in [0.15, 0.2) is 5.75 Å². The SMILES string of the molecule is N#CC(=Cc1ccc(O)c([N+](=O)[O-])c1)C(=O)c1c(Cl)cccc1Cl. The van der Waals surface area contributed by atoms with E-state index in [1.807, 2.05) is 0 Å². The number of nitrogens with zero attached hydrogens (tertiary/aromatic N) is 2. The van der Waals surface area contributed by atoms with Gasteiger partial charge in [-0.3, -0.25) is 14.9 Å². The van der Waals surface area contributed by atoms with Crippen molar-refractivity contribution in [2.45, 2.75) is 0 Å². The minimum absolute atomic E-state index is 0.0260. The van der Waals surface area contributed by atoms with Crippen LogP contribution in [0.1, 0.15) is 15.9 Å². The van der Waals surface area contributed by atoms with E-state index in [0.717, 1.165) is 18.2 Å². The molecule has 2 rings (SSSR count). The Morgan fingerprint density at radius 3 is 2.42 bits per heavy atom. The zero-order valence-electron chi connectivity index (χ0n) is 11.9. The average molecular weight is 363 g/mol. The highest BCUT2D eigenvalue weighted by molar-refractivity contribution is 6.41. The molecule has 0 bridgehead atoms. The minimum atomic E-state index is -0.772. The molecule has 0 fully saturated rings. The van der Waals surface area contributed by atoms with Crippen molar-refractivity contribution >= 4 is 40.7 Å². The normalized spacial score (nSPS) is 11.0. The molecule has 1 N–H and O–H groups in total. The maximum absolute atomic E-state index is 12.5. The predicted octanol–water partition coefficient (Wildman–Crippen LogP) is 4.40. The molecule has 0 unspecified atom stereocenters. The van der Waals surface area contributed by atoms with Crippen molar-refractivity contribution in [3.63, 3.8) is 0 Å². The smallest absolute Gasteiger partial charge is 0.311 e. The van der Waals surface area contributed by atoms with Crippen LogP contribution in [0, 0.1) is 21.4 Å². The summed E-state index contributed by atoms with van der Waals surface area (Å²) in [6.45, 7) is 0. The number of rotatable bonds is 4. The second-order valence-corrected chi connectivity index (χ2v) is 5.42. The van der Waals surface area contributed by atoms with Crippen LogP contribution in [0.4, 0.5) is 5.69 Å². The van der Waals surface area contributed by atoms with Gasteiger partial charge < -0.3 is 5.11 Å². The van der Waals surface area contributed by atoms with Gasteiger partial charge in [-0.15, -0.1) is 0 Å². The summed E-state index contributed by atoms with van der Waals surface area (Å²) in [5.74, 6) is -1.22. The lowest BCUT2D eigenvalue weighted by molar-refractivity contribution is -0.385. The van der Waals surface area contributed by atoms with E-state index in [2.05, 4.69) is 0 Å². The Hall–Kier alpha value is -2.88. The highest BCUT2D eigenvalue weighted by Crippen LogP contribution is 2.29. The van der Waals surface area contributed by atoms with Gasteiger partial charge in [0.1, 0.15) is 11.6 Å². The molecule has 8 heteroatoms. The highest BCUT2D eigenvalue weighted by Gasteiger charge is 2.20. The molecule has 0 atom stereocenters. The number of ketones is 1. The van der Waals surface area contributed by atoms with Gasteiger partial charge in [-0.2, -0.15) is 5.26 Å². The van der Waals surface area contributed by atoms with Crippen LogP contribution in [-0.2, 0) is 0 Å². The number of phenolic OH excluding ortho intramolecular Hbond substituents is 1. The van der Waals surface area contributed by atoms with Crippen LogP contribution in [0.5, 0.6) is 5.75 Å². The number of carbonyl (C=O) groups excluding carboxylic acids is 1. The molecule has 0 amide bonds. The summed E-state index contributed by atoms with van der Waals surface area (Å²) in [5, 5.41) is 29.7. The number of carbonyl (C=O) groups is 1. The fourth-order valence-electron chi connectivity index (χ4n) is 1.94. The maximum Gasteiger partial charge on any atom is 0.311 e. The van der Waals surface area contributed by atoms with Crippen molar-refractivity contribution in [2.75, 3.05) is 0 Å². The number of hydrogen-bond donors (Lipinski definition) is 1. The molecule has 120 valence electrons. The zero-order chi connectivity index (χ0) is 17.9. The molecule has 0 saturated heterocycles. The zero-order valence-corrected chi connectivity index (χ0v) is 13.4. The minimum Gasteiger partial charge on any atom is -0.502 e. The Morgan fingerprint density at radius 1 is 1.25 bits per heavy atom. The second-order valence-electron chi connectivity index (χ2n) is 4.60. The highest BCUT2D eigenvalue weighted by atomic mass is 35.5. The van der Waals surface area contributed by atoms with Gasteiger partial charge in [0.25, 0.3) is 0 Å². The lowest BCUT2D eigenvalue weighted by Crippen LogP contribution is -2.04. The van der Waals surface area contributed by atoms with Gasteiger partial charge in [-0.05, 0) is 29.8 Å². The van der Waals surface area contributed by atoms with Gasteiger partial charge in [-0.1, -0.05) is 35.3 Å². The molecule has 2 aromatic rings. The first kappa shape index (κ1) is 17.5. The van der Waals surface area contributed by atoms with Crippen molar-refractivity contribution in [3.05, 3.63) is 73.3 Å². The van der Waals surface area contributed by atoms with E-state index in [1.165, 1.54) is 18.2 Å². The predicted molar refractivity (Wildman–Crippen MR) is 89.1 cm³/mol. The van der Waals surface area contributed by atoms with E-state index in [9.17, 15) is 25.3 Å². The summed E-state index contributed by atoms with van der Waals surface area (Å²) in [5.41, 5.74) is -0.663. The van der Waals surface area contributed by atoms with Gasteiger partial charge >= 0.3 is 5.69 Å². The summed E-state index contributed by atoms with van der Waals surface area (Å²) < 4.78 is 0. The summed E-state index contributed by atoms with van der Waals surface area (Å²) in [7, 11) is 0. The molecule has 0 aliphatic carbocycles. The third-order valence-electron chi connectivity index (χ3n) is 3.06. The molecule has 24 heavy (non-hydrogen) atoms. The fourth-order valence-corrected chi connectivity index (χ4v) is 2.51. The van der Waals surface area contributed by atoms with Crippen molar-refractivity contribution in [1.82, 2.24) is 0 Å². The molecule has 0 heterocycles. The summed E-state index contributed by atoms with van der Waals surface area (Å²) in [6.07, 6.45) is 1.16. The van der Waals surface area contributed by atoms with Gasteiger partial charge in [-0.25, -0.2) is 0 Å². The summed E-state index contributed by atoms with van der Waals surface area (Å²) in [4.78, 5) is 22.5. The Balaban J connectivity index is 2.51. The van der Waals surface area contributed by atoms with E-state index in [4.69, 9.17) is 23.2 Å². The number of allylic oxidation sites excluding steroid dienone is 1. The number of Topliss-reactive ketones (excluding diaryl/α,β-unsaturated/α-hetero) is 1. The molecule has 0 aliphatic heterocycles. The Morgan fingerprint density at radius 2 is 1.88 bits per heavy atom. The Labute approximate surface area is 146 Å². The molecular formula is C16H8Cl2N2O4. The number of hydrogen-bond acceptors (Lipinski definition) is 5. The van der Waals surface area contributed by atoms with Crippen molar-refractivity contribution in [2.24, 2.45) is 0 Å². The van der Waals surface area contributed by atoms with Gasteiger partial charge in [0.05, 0.1) is 20.5 Å². The van der Waals surface area contributed by atoms with Crippen LogP contribution < -0.4 is 0 Å². The quantitative estimate of drug-likeness (QED) is 0.285. The first-order valence-corrected chi connectivity index (χ1v) is 7.18. The number of benzene rings is 2. The van der Waals surface area contributed by atoms with E-state index in [1.54, 1.807) is 12.1 Å². The molecule has 0 saturated carbocycles. The number of phenols is 1. The summed E-state index contributed by atoms with van der Waals surface area (Å²) in [6, 6.07) is 9.69. The molecule has 0 radical (unpaired) electrons. The van der Waals surface area contributed by atoms with Crippen LogP contribution >= 0.6 is 23.2 Å². The van der Waals surface area contributed by atoms with Gasteiger partial charge in [0.2, 0.25) is 5.78 Å². The van der Waals surface area contributed by atoms with Crippen molar-refractivity contribution in [1.29, 1.82) is 5.26 Å². The van der Waals surface area contributed by atoms with Crippen LogP contribution in [-0.4, -0.2) is 15.8 Å². The van der Waals surface area contributed by atoms with E-state index >= 15 is 0 Å². The third kappa shape index (κ3) is 3.54. The molecular weight excluding hydrogens is 355 g/mol. The number of nitro benzene ring substituents is 1. The third-order valence-corrected chi connectivity index (χ3v) is 3.69. The summed E-state index contributed by atoms with van der Waals surface area (Å²) >= 11 is 11.9. The largest absolute Gasteiger partial charge is 0.502 e. The average Bonchev–Trinajstić information content (AvgIpc) is 2.53. The standard InChI is InChI=1S/C16H8Cl2N2O4/c17-11-2-1-3-12(18)15(11)16(22)10(8-19)6-9-4-5-14(21)13(7-9)20(23)24/h1-7,21H. The molecule has 2 aromatic carbocycles. The fraction of sp³-hybridized carbons (Fsp3) is 0. The number of nitriles is 1. The molecule has 0 aromatic heterocycles. The first-order valence-electron chi connectivity index (χ1n) is 6.43. The topological polar surface area (TPSA) is 104 Å². The number of halogens is 2. The molecule has 0 spiro atoms. The van der Waals surface area contributed by atoms with Crippen LogP contribution in [0.3, 0.4) is 0 Å². The van der Waals surface area contributed by atoms with Crippen molar-refractivity contribution in [3.8, 4) is 11.8 Å². The van der Waals surface area contributed by atoms with E-state index < -0.39 is 22.1 Å². The Bertz CT molecular complexity index is 897. The van der Waals surface area contributed by atoms with Crippen molar-refractivity contribution < 1.29 is 14.8 Å². The molecule has 0 aliphatic rings. The van der Waals surface area contributed by atoms with Gasteiger partial charge in [0, 0.05) is 6.07 Å². The monoisotopic (exact) mass is 362 g/mol. The number of aromatic hydroxyl groups is 1. The van der Waals surface area contributed by atoms with E-state index in [0.29, 0.717) is 0 Å². The van der Waals surface area contributed by atoms with Crippen LogP contribution in [0.2, 0.25) is 10.0 Å². The second kappa shape index (κ2) is 7.13. The maximum atomic E-state index is 12.5. The lowest BCUT2D eigenvalue weighted by atomic mass is 10.0. The first-order chi connectivity index (χ1) is 11.3. The number of nitro groups is 1. The molecule has 6 nitrogen and oxygen atoms in total.